The van der Waals surface area contributed by atoms with Crippen LogP contribution in [0, 0.1) is 0 Å². The topological polar surface area (TPSA) is 78.4 Å². The van der Waals surface area contributed by atoms with Crippen molar-refractivity contribution in [1.29, 1.82) is 0 Å². The number of aromatic carboxylic acids is 1. The molecule has 0 amide bonds. The van der Waals surface area contributed by atoms with E-state index in [1.165, 1.54) is 31.7 Å². The van der Waals surface area contributed by atoms with Crippen molar-refractivity contribution in [1.82, 2.24) is 15.1 Å². The van der Waals surface area contributed by atoms with Crippen molar-refractivity contribution in [2.45, 2.75) is 31.7 Å². The van der Waals surface area contributed by atoms with Crippen molar-refractivity contribution in [3.63, 3.8) is 0 Å². The van der Waals surface area contributed by atoms with Gasteiger partial charge in [-0.2, -0.15) is 0 Å². The van der Waals surface area contributed by atoms with Crippen LogP contribution < -0.4 is 5.32 Å². The van der Waals surface area contributed by atoms with Gasteiger partial charge in [0.15, 0.2) is 5.69 Å². The number of hydrogen-bond acceptors (Lipinski definition) is 5. The smallest absolute Gasteiger partial charge is 0.356 e. The van der Waals surface area contributed by atoms with E-state index in [4.69, 9.17) is 5.11 Å². The van der Waals surface area contributed by atoms with Crippen LogP contribution in [0.5, 0.6) is 0 Å². The lowest BCUT2D eigenvalue weighted by Gasteiger charge is -2.23. The van der Waals surface area contributed by atoms with E-state index >= 15 is 0 Å². The Morgan fingerprint density at radius 1 is 1.42 bits per heavy atom. The van der Waals surface area contributed by atoms with E-state index in [0.29, 0.717) is 11.9 Å². The molecule has 2 rings (SSSR count). The Labute approximate surface area is 112 Å². The minimum Gasteiger partial charge on any atom is -0.476 e. The molecule has 1 saturated carbocycles. The molecule has 1 aliphatic rings. The molecule has 0 bridgehead atoms. The van der Waals surface area contributed by atoms with E-state index in [0.717, 1.165) is 13.1 Å². The van der Waals surface area contributed by atoms with Gasteiger partial charge in [-0.1, -0.05) is 12.8 Å². The van der Waals surface area contributed by atoms with Crippen LogP contribution in [0.25, 0.3) is 0 Å². The second-order valence-electron chi connectivity index (χ2n) is 4.95. The molecule has 0 atom stereocenters. The van der Waals surface area contributed by atoms with Crippen LogP contribution >= 0.6 is 0 Å². The van der Waals surface area contributed by atoms with Crippen molar-refractivity contribution in [2.24, 2.45) is 0 Å². The van der Waals surface area contributed by atoms with Gasteiger partial charge in [-0.15, -0.1) is 10.2 Å². The third-order valence-corrected chi connectivity index (χ3v) is 3.60. The lowest BCUT2D eigenvalue weighted by molar-refractivity contribution is 0.0689. The molecule has 0 saturated heterocycles. The molecule has 1 fully saturated rings. The number of nitrogens with zero attached hydrogens (tertiary/aromatic N) is 3. The zero-order valence-electron chi connectivity index (χ0n) is 11.2. The van der Waals surface area contributed by atoms with Gasteiger partial charge < -0.3 is 15.3 Å². The Morgan fingerprint density at radius 3 is 2.74 bits per heavy atom. The van der Waals surface area contributed by atoms with Gasteiger partial charge in [0.2, 0.25) is 0 Å². The Hall–Kier alpha value is -1.69. The number of aromatic nitrogens is 2. The molecule has 1 heterocycles. The molecule has 1 aromatic heterocycles. The van der Waals surface area contributed by atoms with Gasteiger partial charge in [0.05, 0.1) is 0 Å². The highest BCUT2D eigenvalue weighted by Crippen LogP contribution is 2.21. The fraction of sp³-hybridized carbons (Fsp3) is 0.615. The molecule has 2 N–H and O–H groups in total. The van der Waals surface area contributed by atoms with E-state index < -0.39 is 5.97 Å². The standard InChI is InChI=1S/C13H20N4O2/c1-17(10-4-2-3-5-10)9-8-14-12-7-6-11(13(18)19)15-16-12/h6-7,10H,2-5,8-9H2,1H3,(H,14,16)(H,18,19). The summed E-state index contributed by atoms with van der Waals surface area (Å²) in [5, 5.41) is 19.3. The predicted octanol–water partition coefficient (Wildman–Crippen LogP) is 1.46. The molecule has 6 heteroatoms. The first-order chi connectivity index (χ1) is 9.16. The summed E-state index contributed by atoms with van der Waals surface area (Å²) in [6.45, 7) is 1.74. The molecule has 104 valence electrons. The molecular weight excluding hydrogens is 244 g/mol. The molecular formula is C13H20N4O2. The summed E-state index contributed by atoms with van der Waals surface area (Å²) in [6.07, 6.45) is 5.27. The first kappa shape index (κ1) is 13.7. The summed E-state index contributed by atoms with van der Waals surface area (Å²) < 4.78 is 0. The van der Waals surface area contributed by atoms with Crippen LogP contribution in [0.4, 0.5) is 5.82 Å². The summed E-state index contributed by atoms with van der Waals surface area (Å²) in [7, 11) is 2.15. The number of nitrogens with one attached hydrogen (secondary N) is 1. The highest BCUT2D eigenvalue weighted by molar-refractivity contribution is 5.85. The largest absolute Gasteiger partial charge is 0.476 e. The quantitative estimate of drug-likeness (QED) is 0.810. The fourth-order valence-electron chi connectivity index (χ4n) is 2.43. The highest BCUT2D eigenvalue weighted by atomic mass is 16.4. The van der Waals surface area contributed by atoms with Gasteiger partial charge in [0, 0.05) is 19.1 Å². The first-order valence-electron chi connectivity index (χ1n) is 6.68. The summed E-state index contributed by atoms with van der Waals surface area (Å²) >= 11 is 0. The molecule has 0 spiro atoms. The lowest BCUT2D eigenvalue weighted by atomic mass is 10.2. The Kier molecular flexibility index (Phi) is 4.68. The third kappa shape index (κ3) is 3.89. The molecule has 0 aromatic carbocycles. The van der Waals surface area contributed by atoms with Gasteiger partial charge in [-0.05, 0) is 32.0 Å². The van der Waals surface area contributed by atoms with Crippen LogP contribution in [-0.4, -0.2) is 52.4 Å². The molecule has 6 nitrogen and oxygen atoms in total. The van der Waals surface area contributed by atoms with Crippen LogP contribution in [-0.2, 0) is 0 Å². The predicted molar refractivity (Wildman–Crippen MR) is 72.4 cm³/mol. The van der Waals surface area contributed by atoms with Crippen molar-refractivity contribution >= 4 is 11.8 Å². The average Bonchev–Trinajstić information content (AvgIpc) is 2.93. The maximum absolute atomic E-state index is 10.6. The van der Waals surface area contributed by atoms with E-state index in [9.17, 15) is 4.79 Å². The molecule has 0 aliphatic heterocycles. The number of carbonyl (C=O) groups is 1. The first-order valence-corrected chi connectivity index (χ1v) is 6.68. The van der Waals surface area contributed by atoms with Crippen LogP contribution in [0.2, 0.25) is 0 Å². The van der Waals surface area contributed by atoms with Crippen molar-refractivity contribution in [3.8, 4) is 0 Å². The third-order valence-electron chi connectivity index (χ3n) is 3.60. The number of rotatable bonds is 6. The number of carboxylic acids is 1. The molecule has 19 heavy (non-hydrogen) atoms. The van der Waals surface area contributed by atoms with Crippen LogP contribution in [0.1, 0.15) is 36.2 Å². The van der Waals surface area contributed by atoms with E-state index in [1.54, 1.807) is 6.07 Å². The fourth-order valence-corrected chi connectivity index (χ4v) is 2.43. The maximum Gasteiger partial charge on any atom is 0.356 e. The van der Waals surface area contributed by atoms with Crippen LogP contribution in [0.15, 0.2) is 12.1 Å². The Bertz CT molecular complexity index is 415. The van der Waals surface area contributed by atoms with Gasteiger partial charge >= 0.3 is 5.97 Å². The molecule has 0 radical (unpaired) electrons. The summed E-state index contributed by atoms with van der Waals surface area (Å²) in [6, 6.07) is 3.81. The van der Waals surface area contributed by atoms with Gasteiger partial charge in [0.25, 0.3) is 0 Å². The second-order valence-corrected chi connectivity index (χ2v) is 4.95. The highest BCUT2D eigenvalue weighted by Gasteiger charge is 2.18. The molecule has 0 unspecified atom stereocenters. The molecule has 1 aromatic rings. The lowest BCUT2D eigenvalue weighted by Crippen LogP contribution is -2.33. The van der Waals surface area contributed by atoms with Crippen molar-refractivity contribution < 1.29 is 9.90 Å². The summed E-state index contributed by atoms with van der Waals surface area (Å²) in [5.41, 5.74) is -0.0337. The number of likely N-dealkylation sites (N-methyl/N-ethyl adjacent to an activating group) is 1. The summed E-state index contributed by atoms with van der Waals surface area (Å²) in [4.78, 5) is 13.0. The van der Waals surface area contributed by atoms with Crippen molar-refractivity contribution in [3.05, 3.63) is 17.8 Å². The Morgan fingerprint density at radius 2 is 2.16 bits per heavy atom. The number of hydrogen-bond donors (Lipinski definition) is 2. The zero-order valence-corrected chi connectivity index (χ0v) is 11.2. The van der Waals surface area contributed by atoms with Gasteiger partial charge in [0.1, 0.15) is 5.82 Å². The normalized spacial score (nSPS) is 15.9. The number of carboxylic acid groups (broad SMARTS) is 1. The average molecular weight is 264 g/mol. The van der Waals surface area contributed by atoms with E-state index in [-0.39, 0.29) is 5.69 Å². The van der Waals surface area contributed by atoms with Crippen LogP contribution in [0.3, 0.4) is 0 Å². The van der Waals surface area contributed by atoms with Gasteiger partial charge in [-0.3, -0.25) is 0 Å². The maximum atomic E-state index is 10.6. The van der Waals surface area contributed by atoms with Crippen molar-refractivity contribution in [2.75, 3.05) is 25.5 Å². The molecule has 1 aliphatic carbocycles. The van der Waals surface area contributed by atoms with Gasteiger partial charge in [-0.25, -0.2) is 4.79 Å². The number of anilines is 1. The Balaban J connectivity index is 1.74. The summed E-state index contributed by atoms with van der Waals surface area (Å²) in [5.74, 6) is -0.440. The zero-order chi connectivity index (χ0) is 13.7. The van der Waals surface area contributed by atoms with E-state index in [2.05, 4.69) is 27.5 Å². The van der Waals surface area contributed by atoms with E-state index in [1.807, 2.05) is 0 Å². The SMILES string of the molecule is CN(CCNc1ccc(C(=O)O)nn1)C1CCCC1. The minimum atomic E-state index is -1.06. The minimum absolute atomic E-state index is 0.0337. The second kappa shape index (κ2) is 6.47. The monoisotopic (exact) mass is 264 g/mol.